The summed E-state index contributed by atoms with van der Waals surface area (Å²) in [5.74, 6) is -2.47. The molecule has 0 aliphatic heterocycles. The average molecular weight is 255 g/mol. The van der Waals surface area contributed by atoms with Gasteiger partial charge < -0.3 is 5.32 Å². The second kappa shape index (κ2) is 5.35. The van der Waals surface area contributed by atoms with E-state index in [1.165, 1.54) is 12.1 Å². The van der Waals surface area contributed by atoms with Crippen LogP contribution in [0.3, 0.4) is 0 Å². The largest absolute Gasteiger partial charge is 0.306 e. The van der Waals surface area contributed by atoms with Crippen LogP contribution in [0.2, 0.25) is 0 Å². The molecule has 3 heteroatoms. The Kier molecular flexibility index (Phi) is 4.49. The normalized spacial score (nSPS) is 13.1. The highest BCUT2D eigenvalue weighted by atomic mass is 19.3. The summed E-state index contributed by atoms with van der Waals surface area (Å²) < 4.78 is 27.9. The van der Waals surface area contributed by atoms with E-state index in [1.54, 1.807) is 12.1 Å². The Morgan fingerprint density at radius 2 is 1.56 bits per heavy atom. The number of benzene rings is 1. The molecule has 0 unspecified atom stereocenters. The van der Waals surface area contributed by atoms with Gasteiger partial charge in [-0.2, -0.15) is 8.78 Å². The third-order valence-corrected chi connectivity index (χ3v) is 2.84. The van der Waals surface area contributed by atoms with Crippen LogP contribution in [0.4, 0.5) is 8.78 Å². The molecule has 0 amide bonds. The Balaban J connectivity index is 2.78. The topological polar surface area (TPSA) is 12.0 Å². The van der Waals surface area contributed by atoms with Crippen LogP contribution in [0.25, 0.3) is 0 Å². The summed E-state index contributed by atoms with van der Waals surface area (Å²) in [7, 11) is 0. The lowest BCUT2D eigenvalue weighted by molar-refractivity contribution is -0.00862. The van der Waals surface area contributed by atoms with Crippen LogP contribution in [0.15, 0.2) is 24.3 Å². The van der Waals surface area contributed by atoms with Crippen molar-refractivity contribution in [3.05, 3.63) is 35.4 Å². The van der Waals surface area contributed by atoms with Crippen molar-refractivity contribution < 1.29 is 8.78 Å². The first kappa shape index (κ1) is 15.1. The molecule has 0 saturated carbocycles. The zero-order chi connectivity index (χ0) is 14.0. The second-order valence-corrected chi connectivity index (χ2v) is 6.08. The summed E-state index contributed by atoms with van der Waals surface area (Å²) >= 11 is 0. The molecule has 1 nitrogen and oxygen atoms in total. The van der Waals surface area contributed by atoms with Gasteiger partial charge in [-0.3, -0.25) is 0 Å². The average Bonchev–Trinajstić information content (AvgIpc) is 2.26. The number of nitrogens with one attached hydrogen (secondary N) is 1. The number of hydrogen-bond acceptors (Lipinski definition) is 1. The maximum Gasteiger partial charge on any atom is 0.285 e. The van der Waals surface area contributed by atoms with E-state index < -0.39 is 5.92 Å². The van der Waals surface area contributed by atoms with Crippen LogP contribution >= 0.6 is 0 Å². The van der Waals surface area contributed by atoms with E-state index in [4.69, 9.17) is 0 Å². The van der Waals surface area contributed by atoms with Crippen LogP contribution in [0.5, 0.6) is 0 Å². The molecule has 0 aromatic heterocycles. The van der Waals surface area contributed by atoms with Gasteiger partial charge in [0.1, 0.15) is 0 Å². The maximum atomic E-state index is 14.0. The molecular weight excluding hydrogens is 232 g/mol. The minimum Gasteiger partial charge on any atom is -0.306 e. The molecule has 0 radical (unpaired) electrons. The predicted molar refractivity (Wildman–Crippen MR) is 72.2 cm³/mol. The fourth-order valence-corrected chi connectivity index (χ4v) is 1.59. The Bertz CT molecular complexity index is 374. The summed E-state index contributed by atoms with van der Waals surface area (Å²) in [5, 5.41) is 2.85. The fourth-order valence-electron chi connectivity index (χ4n) is 1.59. The van der Waals surface area contributed by atoms with Gasteiger partial charge >= 0.3 is 0 Å². The Morgan fingerprint density at radius 1 is 1.06 bits per heavy atom. The zero-order valence-electron chi connectivity index (χ0n) is 11.8. The highest BCUT2D eigenvalue weighted by molar-refractivity contribution is 5.27. The lowest BCUT2D eigenvalue weighted by Crippen LogP contribution is -2.42. The molecule has 0 heterocycles. The third kappa shape index (κ3) is 4.37. The first-order valence-corrected chi connectivity index (χ1v) is 6.35. The molecule has 0 fully saturated rings. The van der Waals surface area contributed by atoms with E-state index in [0.717, 1.165) is 5.56 Å². The van der Waals surface area contributed by atoms with Crippen molar-refractivity contribution in [2.24, 2.45) is 0 Å². The van der Waals surface area contributed by atoms with E-state index in [9.17, 15) is 8.78 Å². The van der Waals surface area contributed by atoms with Crippen molar-refractivity contribution >= 4 is 0 Å². The summed E-state index contributed by atoms with van der Waals surface area (Å²) in [6.45, 7) is 9.40. The van der Waals surface area contributed by atoms with Gasteiger partial charge in [0.05, 0.1) is 6.54 Å². The third-order valence-electron chi connectivity index (χ3n) is 2.84. The molecule has 0 bridgehead atoms. The Hall–Kier alpha value is -0.960. The monoisotopic (exact) mass is 255 g/mol. The van der Waals surface area contributed by atoms with Gasteiger partial charge in [-0.1, -0.05) is 38.1 Å². The highest BCUT2D eigenvalue weighted by Crippen LogP contribution is 2.29. The van der Waals surface area contributed by atoms with Gasteiger partial charge in [-0.25, -0.2) is 0 Å². The van der Waals surface area contributed by atoms with Crippen molar-refractivity contribution in [3.8, 4) is 0 Å². The van der Waals surface area contributed by atoms with Crippen LogP contribution in [0, 0.1) is 0 Å². The number of alkyl halides is 2. The lowest BCUT2D eigenvalue weighted by atomic mass is 9.99. The Morgan fingerprint density at radius 3 is 1.94 bits per heavy atom. The second-order valence-electron chi connectivity index (χ2n) is 6.08. The van der Waals surface area contributed by atoms with Crippen molar-refractivity contribution in [1.82, 2.24) is 5.32 Å². The SMILES string of the molecule is CC(C)c1ccc(C(F)(F)CNC(C)(C)C)cc1. The molecule has 1 aromatic rings. The van der Waals surface area contributed by atoms with Crippen molar-refractivity contribution in [2.45, 2.75) is 52.0 Å². The first-order chi connectivity index (χ1) is 8.12. The lowest BCUT2D eigenvalue weighted by Gasteiger charge is -2.25. The van der Waals surface area contributed by atoms with E-state index in [-0.39, 0.29) is 17.6 Å². The maximum absolute atomic E-state index is 14.0. The number of hydrogen-bond donors (Lipinski definition) is 1. The fraction of sp³-hybridized carbons (Fsp3) is 0.600. The molecule has 1 N–H and O–H groups in total. The van der Waals surface area contributed by atoms with Crippen molar-refractivity contribution in [2.75, 3.05) is 6.54 Å². The van der Waals surface area contributed by atoms with E-state index in [2.05, 4.69) is 5.32 Å². The minimum absolute atomic E-state index is 0.0728. The van der Waals surface area contributed by atoms with E-state index in [1.807, 2.05) is 34.6 Å². The molecule has 0 aliphatic carbocycles. The molecule has 0 spiro atoms. The molecule has 102 valence electrons. The standard InChI is InChI=1S/C15H23F2N/c1-11(2)12-6-8-13(9-7-12)15(16,17)10-18-14(3,4)5/h6-9,11,18H,10H2,1-5H3. The van der Waals surface area contributed by atoms with Crippen LogP contribution < -0.4 is 5.32 Å². The summed E-state index contributed by atoms with van der Waals surface area (Å²) in [6.07, 6.45) is 0. The molecule has 1 aromatic carbocycles. The quantitative estimate of drug-likeness (QED) is 0.846. The molecular formula is C15H23F2N. The van der Waals surface area contributed by atoms with Gasteiger partial charge in [0.15, 0.2) is 0 Å². The smallest absolute Gasteiger partial charge is 0.285 e. The van der Waals surface area contributed by atoms with Gasteiger partial charge in [-0.15, -0.1) is 0 Å². The zero-order valence-corrected chi connectivity index (χ0v) is 11.8. The van der Waals surface area contributed by atoms with Crippen LogP contribution in [0.1, 0.15) is 51.7 Å². The van der Waals surface area contributed by atoms with Gasteiger partial charge in [0, 0.05) is 11.1 Å². The van der Waals surface area contributed by atoms with Crippen LogP contribution in [-0.4, -0.2) is 12.1 Å². The van der Waals surface area contributed by atoms with E-state index in [0.29, 0.717) is 5.92 Å². The number of rotatable bonds is 4. The number of halogens is 2. The highest BCUT2D eigenvalue weighted by Gasteiger charge is 2.32. The molecule has 0 saturated heterocycles. The molecule has 0 atom stereocenters. The van der Waals surface area contributed by atoms with Gasteiger partial charge in [0.25, 0.3) is 5.92 Å². The molecule has 1 rings (SSSR count). The predicted octanol–water partition coefficient (Wildman–Crippen LogP) is 4.29. The van der Waals surface area contributed by atoms with Crippen molar-refractivity contribution in [3.63, 3.8) is 0 Å². The summed E-state index contributed by atoms with van der Waals surface area (Å²) in [5.41, 5.74) is 0.850. The van der Waals surface area contributed by atoms with E-state index >= 15 is 0 Å². The molecule has 18 heavy (non-hydrogen) atoms. The van der Waals surface area contributed by atoms with Crippen LogP contribution in [-0.2, 0) is 5.92 Å². The van der Waals surface area contributed by atoms with Gasteiger partial charge in [0.2, 0.25) is 0 Å². The Labute approximate surface area is 109 Å². The first-order valence-electron chi connectivity index (χ1n) is 6.35. The van der Waals surface area contributed by atoms with Crippen molar-refractivity contribution in [1.29, 1.82) is 0 Å². The van der Waals surface area contributed by atoms with Gasteiger partial charge in [-0.05, 0) is 32.3 Å². The summed E-state index contributed by atoms with van der Waals surface area (Å²) in [4.78, 5) is 0. The minimum atomic E-state index is -2.83. The molecule has 0 aliphatic rings. The summed E-state index contributed by atoms with van der Waals surface area (Å²) in [6, 6.07) is 6.62.